The number of carbonyl (C=O) groups excluding carboxylic acids is 1. The van der Waals surface area contributed by atoms with E-state index in [9.17, 15) is 4.79 Å². The number of carbonyl (C=O) groups is 1. The first-order valence-corrected chi connectivity index (χ1v) is 4.43. The molecule has 0 bridgehead atoms. The summed E-state index contributed by atoms with van der Waals surface area (Å²) in [6.07, 6.45) is -0.635. The van der Waals surface area contributed by atoms with Gasteiger partial charge in [-0.1, -0.05) is 0 Å². The van der Waals surface area contributed by atoms with Gasteiger partial charge in [-0.3, -0.25) is 9.63 Å². The number of halogens is 1. The van der Waals surface area contributed by atoms with Crippen molar-refractivity contribution in [2.75, 3.05) is 13.2 Å². The molecule has 6 heteroatoms. The van der Waals surface area contributed by atoms with Crippen LogP contribution >= 0.6 is 11.6 Å². The van der Waals surface area contributed by atoms with E-state index in [1.807, 2.05) is 0 Å². The number of β-amino-alcohol motifs (C(OH)–C–C–N with tert-alkyl or cyclic N) is 1. The lowest BCUT2D eigenvalue weighted by Crippen LogP contribution is -2.28. The van der Waals surface area contributed by atoms with E-state index in [0.717, 1.165) is 5.06 Å². The van der Waals surface area contributed by atoms with Gasteiger partial charge in [-0.15, -0.1) is 0 Å². The number of hydrogen-bond donors (Lipinski definition) is 1. The van der Waals surface area contributed by atoms with Gasteiger partial charge in [0.1, 0.15) is 12.7 Å². The maximum Gasteiger partial charge on any atom is 0.313 e. The summed E-state index contributed by atoms with van der Waals surface area (Å²) in [5.74, 6) is -0.336. The van der Waals surface area contributed by atoms with E-state index >= 15 is 0 Å². The molecule has 1 fully saturated rings. The van der Waals surface area contributed by atoms with Crippen LogP contribution in [0.5, 0.6) is 0 Å². The van der Waals surface area contributed by atoms with Gasteiger partial charge in [0.2, 0.25) is 0 Å². The molecule has 0 aliphatic carbocycles. The smallest absolute Gasteiger partial charge is 0.313 e. The molecule has 1 N–H and O–H groups in total. The summed E-state index contributed by atoms with van der Waals surface area (Å²) in [4.78, 5) is 16.5. The number of aliphatic hydroxyl groups excluding tert-OH is 1. The van der Waals surface area contributed by atoms with Crippen LogP contribution in [-0.4, -0.2) is 35.3 Å². The molecule has 1 aliphatic heterocycles. The minimum Gasteiger partial charge on any atom is -0.439 e. The summed E-state index contributed by atoms with van der Waals surface area (Å²) in [5, 5.41) is 10.3. The third-order valence-electron chi connectivity index (χ3n) is 1.81. The quantitative estimate of drug-likeness (QED) is 0.752. The van der Waals surface area contributed by atoms with Crippen LogP contribution in [0, 0.1) is 0 Å². The molecule has 0 aromatic carbocycles. The third kappa shape index (κ3) is 1.75. The number of nitrogens with zero attached hydrogens (tertiary/aromatic N) is 1. The average Bonchev–Trinajstić information content (AvgIpc) is 2.73. The van der Waals surface area contributed by atoms with Crippen molar-refractivity contribution in [2.45, 2.75) is 6.10 Å². The van der Waals surface area contributed by atoms with Gasteiger partial charge in [-0.25, -0.2) is 5.06 Å². The van der Waals surface area contributed by atoms with Crippen molar-refractivity contribution in [2.24, 2.45) is 0 Å². The maximum atomic E-state index is 11.5. The second-order valence-corrected chi connectivity index (χ2v) is 3.29. The third-order valence-corrected chi connectivity index (χ3v) is 2.01. The zero-order valence-corrected chi connectivity index (χ0v) is 7.90. The highest BCUT2D eigenvalue weighted by Crippen LogP contribution is 2.17. The van der Waals surface area contributed by atoms with E-state index in [-0.39, 0.29) is 24.1 Å². The predicted octanol–water partition coefficient (Wildman–Crippen LogP) is 0.681. The Morgan fingerprint density at radius 1 is 1.64 bits per heavy atom. The summed E-state index contributed by atoms with van der Waals surface area (Å²) in [5.41, 5.74) is 0. The van der Waals surface area contributed by atoms with Gasteiger partial charge in [0.05, 0.1) is 6.54 Å². The van der Waals surface area contributed by atoms with E-state index in [4.69, 9.17) is 26.0 Å². The van der Waals surface area contributed by atoms with E-state index in [1.54, 1.807) is 0 Å². The molecule has 0 spiro atoms. The van der Waals surface area contributed by atoms with Crippen LogP contribution < -0.4 is 0 Å². The van der Waals surface area contributed by atoms with Crippen LogP contribution in [0.15, 0.2) is 16.5 Å². The molecule has 1 aromatic rings. The molecular formula is C8H8ClNO4. The van der Waals surface area contributed by atoms with Gasteiger partial charge in [0, 0.05) is 0 Å². The van der Waals surface area contributed by atoms with E-state index in [1.165, 1.54) is 12.1 Å². The van der Waals surface area contributed by atoms with Gasteiger partial charge in [0.15, 0.2) is 11.0 Å². The van der Waals surface area contributed by atoms with E-state index in [0.29, 0.717) is 0 Å². The van der Waals surface area contributed by atoms with Gasteiger partial charge in [0.25, 0.3) is 0 Å². The number of amides is 1. The van der Waals surface area contributed by atoms with Gasteiger partial charge in [-0.2, -0.15) is 0 Å². The lowest BCUT2D eigenvalue weighted by molar-refractivity contribution is -0.0795. The second-order valence-electron chi connectivity index (χ2n) is 2.92. The van der Waals surface area contributed by atoms with E-state index in [2.05, 4.69) is 0 Å². The topological polar surface area (TPSA) is 62.9 Å². The molecule has 1 atom stereocenters. The molecule has 1 amide bonds. The Labute approximate surface area is 84.8 Å². The van der Waals surface area contributed by atoms with Crippen molar-refractivity contribution >= 4 is 17.5 Å². The summed E-state index contributed by atoms with van der Waals surface area (Å²) in [7, 11) is 0. The highest BCUT2D eigenvalue weighted by molar-refractivity contribution is 6.29. The minimum atomic E-state index is -0.635. The Hall–Kier alpha value is -1.04. The summed E-state index contributed by atoms with van der Waals surface area (Å²) in [6.45, 7) is 0.275. The van der Waals surface area contributed by atoms with Crippen LogP contribution in [0.1, 0.15) is 10.6 Å². The first-order valence-electron chi connectivity index (χ1n) is 4.05. The van der Waals surface area contributed by atoms with Gasteiger partial charge in [-0.05, 0) is 23.7 Å². The molecule has 76 valence electrons. The van der Waals surface area contributed by atoms with Crippen molar-refractivity contribution in [3.8, 4) is 0 Å². The van der Waals surface area contributed by atoms with Gasteiger partial charge >= 0.3 is 5.91 Å². The molecule has 14 heavy (non-hydrogen) atoms. The summed E-state index contributed by atoms with van der Waals surface area (Å²) in [6, 6.07) is 2.93. The van der Waals surface area contributed by atoms with Crippen LogP contribution in [0.25, 0.3) is 0 Å². The Balaban J connectivity index is 2.09. The molecular weight excluding hydrogens is 210 g/mol. The molecule has 5 nitrogen and oxygen atoms in total. The van der Waals surface area contributed by atoms with Crippen molar-refractivity contribution in [3.63, 3.8) is 0 Å². The zero-order chi connectivity index (χ0) is 10.1. The first-order chi connectivity index (χ1) is 6.66. The normalized spacial score (nSPS) is 21.6. The number of furan rings is 1. The lowest BCUT2D eigenvalue weighted by atomic mass is 10.3. The van der Waals surface area contributed by atoms with Crippen molar-refractivity contribution in [3.05, 3.63) is 23.1 Å². The Morgan fingerprint density at radius 2 is 2.43 bits per heavy atom. The lowest BCUT2D eigenvalue weighted by Gasteiger charge is -2.10. The first kappa shape index (κ1) is 9.51. The van der Waals surface area contributed by atoms with Crippen molar-refractivity contribution in [1.29, 1.82) is 0 Å². The zero-order valence-electron chi connectivity index (χ0n) is 7.14. The Kier molecular flexibility index (Phi) is 2.45. The maximum absolute atomic E-state index is 11.5. The van der Waals surface area contributed by atoms with Crippen molar-refractivity contribution < 1.29 is 19.2 Å². The molecule has 2 heterocycles. The average molecular weight is 218 g/mol. The van der Waals surface area contributed by atoms with Crippen molar-refractivity contribution in [1.82, 2.24) is 5.06 Å². The van der Waals surface area contributed by atoms with Crippen LogP contribution in [0.4, 0.5) is 0 Å². The fraction of sp³-hybridized carbons (Fsp3) is 0.375. The fourth-order valence-corrected chi connectivity index (χ4v) is 1.31. The fourth-order valence-electron chi connectivity index (χ4n) is 1.17. The van der Waals surface area contributed by atoms with Crippen LogP contribution in [-0.2, 0) is 4.84 Å². The second kappa shape index (κ2) is 3.61. The molecule has 2 rings (SSSR count). The van der Waals surface area contributed by atoms with Gasteiger partial charge < -0.3 is 9.52 Å². The molecule has 1 aliphatic rings. The molecule has 1 saturated heterocycles. The summed E-state index contributed by atoms with van der Waals surface area (Å²) < 4.78 is 4.91. The standard InChI is InChI=1S/C8H8ClNO4/c9-7-2-1-6(14-7)8(12)10-3-5(11)4-13-10/h1-2,5,11H,3-4H2/t5-/m1/s1. The number of hydroxylamine groups is 2. The number of aliphatic hydroxyl groups is 1. The summed E-state index contributed by atoms with van der Waals surface area (Å²) >= 11 is 5.51. The minimum absolute atomic E-state index is 0.101. The number of rotatable bonds is 1. The number of hydrogen-bond acceptors (Lipinski definition) is 4. The molecule has 0 saturated carbocycles. The van der Waals surface area contributed by atoms with Crippen LogP contribution in [0.3, 0.4) is 0 Å². The molecule has 0 unspecified atom stereocenters. The highest BCUT2D eigenvalue weighted by atomic mass is 35.5. The Bertz CT molecular complexity index is 351. The molecule has 1 aromatic heterocycles. The monoisotopic (exact) mass is 217 g/mol. The van der Waals surface area contributed by atoms with Crippen LogP contribution in [0.2, 0.25) is 5.22 Å². The van der Waals surface area contributed by atoms with E-state index < -0.39 is 12.0 Å². The predicted molar refractivity (Wildman–Crippen MR) is 46.7 cm³/mol. The largest absolute Gasteiger partial charge is 0.439 e. The Morgan fingerprint density at radius 3 is 2.93 bits per heavy atom. The molecule has 0 radical (unpaired) electrons. The SMILES string of the molecule is O=C(c1ccc(Cl)o1)N1C[C@@H](O)CO1. The highest BCUT2D eigenvalue weighted by Gasteiger charge is 2.28.